The molecule has 0 aliphatic carbocycles. The molecule has 0 aliphatic rings. The maximum atomic E-state index is 11.6. The first kappa shape index (κ1) is 35.2. The second-order valence-corrected chi connectivity index (χ2v) is 9.11. The minimum absolute atomic E-state index is 0.0637. The third-order valence-electron chi connectivity index (χ3n) is 6.67. The Bertz CT molecular complexity index is 2300. The van der Waals surface area contributed by atoms with E-state index in [-0.39, 0.29) is 84.6 Å². The van der Waals surface area contributed by atoms with Crippen molar-refractivity contribution in [3.63, 3.8) is 0 Å². The van der Waals surface area contributed by atoms with Crippen LogP contribution in [-0.4, -0.2) is 54.7 Å². The van der Waals surface area contributed by atoms with E-state index in [9.17, 15) is 43.2 Å². The molecule has 0 aromatic heterocycles. The Morgan fingerprint density at radius 3 is 0.686 bits per heavy atom. The molecule has 0 fully saturated rings. The third-order valence-corrected chi connectivity index (χ3v) is 6.67. The highest BCUT2D eigenvalue weighted by atomic mass is 16.1. The Morgan fingerprint density at radius 1 is 0.275 bits per heavy atom. The molecule has 18 heteroatoms. The van der Waals surface area contributed by atoms with Crippen LogP contribution >= 0.6 is 0 Å². The molecular weight excluding hydrogens is 666 g/mol. The number of hydrogen-bond donors (Lipinski definition) is 0. The van der Waals surface area contributed by atoms with Gasteiger partial charge in [0.25, 0.3) is 0 Å². The highest BCUT2D eigenvalue weighted by Crippen LogP contribution is 2.52. The lowest BCUT2D eigenvalue weighted by Crippen LogP contribution is -1.91. The van der Waals surface area contributed by atoms with E-state index in [0.29, 0.717) is 0 Å². The smallest absolute Gasteiger partial charge is 0.211 e. The van der Waals surface area contributed by atoms with Gasteiger partial charge in [0.1, 0.15) is 34.1 Å². The van der Waals surface area contributed by atoms with Gasteiger partial charge in [-0.2, -0.15) is 44.9 Å². The normalized spacial score (nSPS) is 9.18. The molecule has 0 saturated carbocycles. The predicted molar refractivity (Wildman–Crippen MR) is 173 cm³/mol. The number of benzene rings is 4. The number of nitrogens with zero attached hydrogens (tertiary/aromatic N) is 9. The van der Waals surface area contributed by atoms with Crippen LogP contribution < -0.4 is 0 Å². The van der Waals surface area contributed by atoms with Crippen LogP contribution in [0.1, 0.15) is 0 Å². The number of rotatable bonds is 12. The Kier molecular flexibility index (Phi) is 11.5. The summed E-state index contributed by atoms with van der Waals surface area (Å²) in [6, 6.07) is 11.1. The summed E-state index contributed by atoms with van der Waals surface area (Å²) in [5.41, 5.74) is -3.25. The second kappa shape index (κ2) is 16.7. The van der Waals surface area contributed by atoms with Gasteiger partial charge in [-0.05, 0) is 71.3 Å². The molecule has 18 nitrogen and oxygen atoms in total. The fourth-order valence-electron chi connectivity index (χ4n) is 4.94. The van der Waals surface area contributed by atoms with E-state index in [2.05, 4.69) is 44.9 Å². The first-order chi connectivity index (χ1) is 24.9. The second-order valence-electron chi connectivity index (χ2n) is 9.11. The van der Waals surface area contributed by atoms with Crippen LogP contribution in [0.3, 0.4) is 0 Å². The van der Waals surface area contributed by atoms with Crippen LogP contribution in [0.25, 0.3) is 33.4 Å². The Morgan fingerprint density at radius 2 is 0.471 bits per heavy atom. The van der Waals surface area contributed by atoms with Crippen molar-refractivity contribution in [1.29, 1.82) is 0 Å². The largest absolute Gasteiger partial charge is 0.240 e. The molecule has 0 bridgehead atoms. The highest BCUT2D eigenvalue weighted by molar-refractivity contribution is 6.02. The monoisotopic (exact) mass is 675 g/mol. The molecule has 51 heavy (non-hydrogen) atoms. The molecule has 0 aliphatic heterocycles. The predicted octanol–water partition coefficient (Wildman–Crippen LogP) is 6.39. The summed E-state index contributed by atoms with van der Waals surface area (Å²) in [5.74, 6) is 0. The van der Waals surface area contributed by atoms with Crippen LogP contribution in [0.5, 0.6) is 0 Å². The van der Waals surface area contributed by atoms with Gasteiger partial charge in [0.05, 0.1) is 17.1 Å². The lowest BCUT2D eigenvalue weighted by Gasteiger charge is -2.17. The van der Waals surface area contributed by atoms with Gasteiger partial charge in [0.2, 0.25) is 54.7 Å². The summed E-state index contributed by atoms with van der Waals surface area (Å²) in [7, 11) is 0. The molecule has 4 aromatic rings. The number of hydrogen-bond acceptors (Lipinski definition) is 18. The zero-order valence-corrected chi connectivity index (χ0v) is 24.9. The number of carbonyl (C=O) groups excluding carboxylic acids is 9. The van der Waals surface area contributed by atoms with Crippen molar-refractivity contribution in [3.8, 4) is 33.4 Å². The lowest BCUT2D eigenvalue weighted by molar-refractivity contribution is 0.564. The lowest BCUT2D eigenvalue weighted by atomic mass is 9.89. The fraction of sp³-hybridized carbons (Fsp3) is 0. The van der Waals surface area contributed by atoms with Gasteiger partial charge >= 0.3 is 0 Å². The van der Waals surface area contributed by atoms with Crippen LogP contribution in [-0.2, 0) is 43.2 Å². The molecule has 4 rings (SSSR count). The van der Waals surface area contributed by atoms with Gasteiger partial charge < -0.3 is 0 Å². The van der Waals surface area contributed by atoms with Crippen LogP contribution in [0.4, 0.5) is 51.2 Å². The van der Waals surface area contributed by atoms with Gasteiger partial charge in [0, 0.05) is 16.7 Å². The van der Waals surface area contributed by atoms with E-state index in [1.165, 1.54) is 109 Å². The molecule has 4 aromatic carbocycles. The summed E-state index contributed by atoms with van der Waals surface area (Å²) in [5, 5.41) is 0. The summed E-state index contributed by atoms with van der Waals surface area (Å²) < 4.78 is 0. The van der Waals surface area contributed by atoms with Crippen molar-refractivity contribution >= 4 is 106 Å². The maximum Gasteiger partial charge on any atom is 0.240 e. The first-order valence-corrected chi connectivity index (χ1v) is 13.3. The molecule has 0 radical (unpaired) electrons. The molecule has 0 spiro atoms. The summed E-state index contributed by atoms with van der Waals surface area (Å²) in [6.07, 6.45) is 11.9. The zero-order valence-electron chi connectivity index (χ0n) is 24.9. The number of aliphatic imine (C=N–C) groups is 9. The van der Waals surface area contributed by atoms with Gasteiger partial charge in [-0.15, -0.1) is 0 Å². The Hall–Kier alpha value is -8.70. The van der Waals surface area contributed by atoms with Crippen molar-refractivity contribution in [2.24, 2.45) is 44.9 Å². The molecule has 0 heterocycles. The zero-order chi connectivity index (χ0) is 36.8. The van der Waals surface area contributed by atoms with E-state index in [1.807, 2.05) is 0 Å². The molecule has 0 N–H and O–H groups in total. The van der Waals surface area contributed by atoms with Crippen molar-refractivity contribution in [1.82, 2.24) is 0 Å². The standard InChI is InChI=1S/C33H9N9O9/c43-10-34-22-1-4-25(37-13-46)31(40-16-49)28(22)19-7-20(29-23(35-11-44)2-5-26(38-14-47)32(29)41-17-50)9-21(8-19)30-24(36-12-45)3-6-27(39-15-48)33(30)42-18-51/h1-9H. The molecular formula is C33H9N9O9. The molecule has 0 unspecified atom stereocenters. The van der Waals surface area contributed by atoms with Crippen molar-refractivity contribution in [2.45, 2.75) is 0 Å². The van der Waals surface area contributed by atoms with E-state index < -0.39 is 0 Å². The summed E-state index contributed by atoms with van der Waals surface area (Å²) in [4.78, 5) is 136. The molecule has 0 amide bonds. The van der Waals surface area contributed by atoms with E-state index >= 15 is 0 Å². The Labute approximate surface area is 281 Å². The minimum Gasteiger partial charge on any atom is -0.211 e. The van der Waals surface area contributed by atoms with Crippen LogP contribution in [0.2, 0.25) is 0 Å². The summed E-state index contributed by atoms with van der Waals surface area (Å²) >= 11 is 0. The van der Waals surface area contributed by atoms with Gasteiger partial charge in [-0.1, -0.05) is 0 Å². The van der Waals surface area contributed by atoms with Crippen molar-refractivity contribution in [3.05, 3.63) is 54.6 Å². The molecule has 0 saturated heterocycles. The van der Waals surface area contributed by atoms with E-state index in [1.54, 1.807) is 0 Å². The average molecular weight is 675 g/mol. The highest BCUT2D eigenvalue weighted by Gasteiger charge is 2.24. The first-order valence-electron chi connectivity index (χ1n) is 13.3. The van der Waals surface area contributed by atoms with Crippen LogP contribution in [0, 0.1) is 0 Å². The fourth-order valence-corrected chi connectivity index (χ4v) is 4.94. The van der Waals surface area contributed by atoms with E-state index in [4.69, 9.17) is 0 Å². The molecule has 0 atom stereocenters. The SMILES string of the molecule is O=C=Nc1ccc(N=C=O)c(-c2cc(-c3c(N=C=O)ccc(N=C=O)c3N=C=O)cc(-c3c(N=C=O)ccc(N=C=O)c3N=C=O)c2)c1N=C=O. The van der Waals surface area contributed by atoms with E-state index in [0.717, 1.165) is 0 Å². The average Bonchev–Trinajstić information content (AvgIpc) is 3.12. The topological polar surface area (TPSA) is 265 Å². The van der Waals surface area contributed by atoms with Crippen molar-refractivity contribution < 1.29 is 43.2 Å². The third kappa shape index (κ3) is 7.33. The van der Waals surface area contributed by atoms with Gasteiger partial charge in [-0.25, -0.2) is 43.2 Å². The minimum atomic E-state index is -0.374. The number of isocyanates is 9. The quantitative estimate of drug-likeness (QED) is 0.119. The van der Waals surface area contributed by atoms with Crippen molar-refractivity contribution in [2.75, 3.05) is 0 Å². The molecule has 240 valence electrons. The van der Waals surface area contributed by atoms with Crippen LogP contribution in [0.15, 0.2) is 99.5 Å². The maximum absolute atomic E-state index is 11.6. The van der Waals surface area contributed by atoms with Gasteiger partial charge in [-0.3, -0.25) is 0 Å². The van der Waals surface area contributed by atoms with Gasteiger partial charge in [0.15, 0.2) is 0 Å². The Balaban J connectivity index is 2.44. The summed E-state index contributed by atoms with van der Waals surface area (Å²) in [6.45, 7) is 0.